The first-order valence-electron chi connectivity index (χ1n) is 6.53. The molecule has 2 heteroatoms. The minimum absolute atomic E-state index is 0.382. The van der Waals surface area contributed by atoms with Gasteiger partial charge in [0, 0.05) is 0 Å². The van der Waals surface area contributed by atoms with Gasteiger partial charge in [-0.25, -0.2) is 0 Å². The summed E-state index contributed by atoms with van der Waals surface area (Å²) in [6.07, 6.45) is 8.31. The number of nitrogens with one attached hydrogen (secondary N) is 1. The first-order valence-corrected chi connectivity index (χ1v) is 6.53. The second-order valence-corrected chi connectivity index (χ2v) is 5.26. The van der Waals surface area contributed by atoms with Crippen LogP contribution in [0.15, 0.2) is 22.8 Å². The minimum Gasteiger partial charge on any atom is -0.468 e. The van der Waals surface area contributed by atoms with Gasteiger partial charge < -0.3 is 9.73 Å². The normalized spacial score (nSPS) is 21.1. The zero-order valence-electron chi connectivity index (χ0n) is 10.5. The molecule has 1 saturated carbocycles. The van der Waals surface area contributed by atoms with Crippen LogP contribution in [0.1, 0.15) is 57.8 Å². The van der Waals surface area contributed by atoms with Crippen LogP contribution < -0.4 is 5.32 Å². The molecule has 1 fully saturated rings. The van der Waals surface area contributed by atoms with Gasteiger partial charge >= 0.3 is 0 Å². The maximum atomic E-state index is 5.61. The van der Waals surface area contributed by atoms with Crippen LogP contribution in [0, 0.1) is 5.41 Å². The van der Waals surface area contributed by atoms with Gasteiger partial charge in [-0.1, -0.05) is 26.7 Å². The fourth-order valence-corrected chi connectivity index (χ4v) is 2.91. The van der Waals surface area contributed by atoms with Crippen molar-refractivity contribution in [3.8, 4) is 0 Å². The molecule has 0 bridgehead atoms. The maximum absolute atomic E-state index is 5.61. The lowest BCUT2D eigenvalue weighted by molar-refractivity contribution is 0.197. The van der Waals surface area contributed by atoms with Crippen LogP contribution >= 0.6 is 0 Å². The van der Waals surface area contributed by atoms with Crippen LogP contribution in [0.3, 0.4) is 0 Å². The zero-order chi connectivity index (χ0) is 11.4. The molecule has 1 N–H and O–H groups in total. The highest BCUT2D eigenvalue weighted by Crippen LogP contribution is 2.47. The molecule has 1 aliphatic rings. The van der Waals surface area contributed by atoms with E-state index < -0.39 is 0 Å². The Labute approximate surface area is 98.4 Å². The molecule has 0 saturated heterocycles. The molecule has 1 aliphatic carbocycles. The lowest BCUT2D eigenvalue weighted by Gasteiger charge is -2.33. The SMILES string of the molecule is CCCNC(c1ccco1)C1(C)CCCC1. The van der Waals surface area contributed by atoms with E-state index in [9.17, 15) is 0 Å². The number of hydrogen-bond acceptors (Lipinski definition) is 2. The third-order valence-electron chi connectivity index (χ3n) is 3.87. The summed E-state index contributed by atoms with van der Waals surface area (Å²) < 4.78 is 5.61. The minimum atomic E-state index is 0.382. The molecule has 1 aromatic heterocycles. The molecule has 0 aliphatic heterocycles. The summed E-state index contributed by atoms with van der Waals surface area (Å²) >= 11 is 0. The predicted molar refractivity (Wildman–Crippen MR) is 66.3 cm³/mol. The van der Waals surface area contributed by atoms with Crippen molar-refractivity contribution in [2.75, 3.05) is 6.54 Å². The van der Waals surface area contributed by atoms with E-state index in [0.29, 0.717) is 11.5 Å². The molecule has 90 valence electrons. The van der Waals surface area contributed by atoms with Crippen LogP contribution in [-0.4, -0.2) is 6.54 Å². The molecule has 2 rings (SSSR count). The molecule has 0 spiro atoms. The molecule has 2 nitrogen and oxygen atoms in total. The van der Waals surface area contributed by atoms with E-state index in [2.05, 4.69) is 25.2 Å². The van der Waals surface area contributed by atoms with E-state index in [0.717, 1.165) is 12.3 Å². The van der Waals surface area contributed by atoms with Crippen molar-refractivity contribution in [1.82, 2.24) is 5.32 Å². The summed E-state index contributed by atoms with van der Waals surface area (Å²) in [4.78, 5) is 0. The van der Waals surface area contributed by atoms with E-state index in [-0.39, 0.29) is 0 Å². The fourth-order valence-electron chi connectivity index (χ4n) is 2.91. The van der Waals surface area contributed by atoms with E-state index in [1.165, 1.54) is 32.1 Å². The first kappa shape index (κ1) is 11.7. The van der Waals surface area contributed by atoms with Crippen molar-refractivity contribution < 1.29 is 4.42 Å². The van der Waals surface area contributed by atoms with E-state index in [1.807, 2.05) is 6.07 Å². The highest BCUT2D eigenvalue weighted by Gasteiger charge is 2.38. The molecule has 1 unspecified atom stereocenters. The summed E-state index contributed by atoms with van der Waals surface area (Å²) in [7, 11) is 0. The third-order valence-corrected chi connectivity index (χ3v) is 3.87. The molecular formula is C14H23NO. The van der Waals surface area contributed by atoms with Gasteiger partial charge in [0.15, 0.2) is 0 Å². The Kier molecular flexibility index (Phi) is 3.70. The summed E-state index contributed by atoms with van der Waals surface area (Å²) in [6, 6.07) is 4.50. The predicted octanol–water partition coefficient (Wildman–Crippen LogP) is 3.90. The second kappa shape index (κ2) is 5.05. The monoisotopic (exact) mass is 221 g/mol. The van der Waals surface area contributed by atoms with Crippen molar-refractivity contribution in [2.24, 2.45) is 5.41 Å². The summed E-state index contributed by atoms with van der Waals surface area (Å²) in [5.74, 6) is 1.11. The van der Waals surface area contributed by atoms with Crippen LogP contribution in [0.5, 0.6) is 0 Å². The Balaban J connectivity index is 2.14. The Hall–Kier alpha value is -0.760. The summed E-state index contributed by atoms with van der Waals surface area (Å²) in [5.41, 5.74) is 0.382. The standard InChI is InChI=1S/C14H23NO/c1-3-10-15-13(12-7-6-11-16-12)14(2)8-4-5-9-14/h6-7,11,13,15H,3-5,8-10H2,1-2H3. The zero-order valence-corrected chi connectivity index (χ0v) is 10.5. The lowest BCUT2D eigenvalue weighted by atomic mass is 9.79. The molecule has 1 atom stereocenters. The summed E-state index contributed by atoms with van der Waals surface area (Å²) in [5, 5.41) is 3.66. The van der Waals surface area contributed by atoms with Crippen molar-refractivity contribution >= 4 is 0 Å². The highest BCUT2D eigenvalue weighted by atomic mass is 16.3. The fraction of sp³-hybridized carbons (Fsp3) is 0.714. The quantitative estimate of drug-likeness (QED) is 0.815. The Bertz CT molecular complexity index is 299. The van der Waals surface area contributed by atoms with Crippen molar-refractivity contribution in [2.45, 2.75) is 52.0 Å². The molecule has 0 amide bonds. The van der Waals surface area contributed by atoms with Crippen molar-refractivity contribution in [3.05, 3.63) is 24.2 Å². The summed E-state index contributed by atoms with van der Waals surface area (Å²) in [6.45, 7) is 5.68. The Morgan fingerprint density at radius 3 is 2.75 bits per heavy atom. The molecule has 0 aromatic carbocycles. The Morgan fingerprint density at radius 2 is 2.19 bits per heavy atom. The van der Waals surface area contributed by atoms with E-state index in [1.54, 1.807) is 6.26 Å². The number of hydrogen-bond donors (Lipinski definition) is 1. The van der Waals surface area contributed by atoms with Crippen LogP contribution in [0.2, 0.25) is 0 Å². The van der Waals surface area contributed by atoms with Crippen LogP contribution in [0.25, 0.3) is 0 Å². The first-order chi connectivity index (χ1) is 7.76. The van der Waals surface area contributed by atoms with E-state index >= 15 is 0 Å². The van der Waals surface area contributed by atoms with Gasteiger partial charge in [-0.3, -0.25) is 0 Å². The van der Waals surface area contributed by atoms with Gasteiger partial charge in [0.2, 0.25) is 0 Å². The van der Waals surface area contributed by atoms with Gasteiger partial charge in [0.25, 0.3) is 0 Å². The van der Waals surface area contributed by atoms with E-state index in [4.69, 9.17) is 4.42 Å². The maximum Gasteiger partial charge on any atom is 0.121 e. The molecular weight excluding hydrogens is 198 g/mol. The van der Waals surface area contributed by atoms with Crippen molar-refractivity contribution in [3.63, 3.8) is 0 Å². The van der Waals surface area contributed by atoms with Gasteiger partial charge in [-0.15, -0.1) is 0 Å². The topological polar surface area (TPSA) is 25.2 Å². The molecule has 0 radical (unpaired) electrons. The number of rotatable bonds is 5. The third kappa shape index (κ3) is 2.32. The van der Waals surface area contributed by atoms with Crippen molar-refractivity contribution in [1.29, 1.82) is 0 Å². The lowest BCUT2D eigenvalue weighted by Crippen LogP contribution is -2.34. The smallest absolute Gasteiger partial charge is 0.121 e. The molecule has 1 heterocycles. The average Bonchev–Trinajstić information content (AvgIpc) is 2.91. The highest BCUT2D eigenvalue weighted by molar-refractivity contribution is 5.10. The average molecular weight is 221 g/mol. The molecule has 1 aromatic rings. The number of furan rings is 1. The molecule has 16 heavy (non-hydrogen) atoms. The van der Waals surface area contributed by atoms with Gasteiger partial charge in [0.05, 0.1) is 12.3 Å². The van der Waals surface area contributed by atoms with Gasteiger partial charge in [-0.2, -0.15) is 0 Å². The van der Waals surface area contributed by atoms with Crippen LogP contribution in [0.4, 0.5) is 0 Å². The van der Waals surface area contributed by atoms with Gasteiger partial charge in [-0.05, 0) is 43.4 Å². The van der Waals surface area contributed by atoms with Gasteiger partial charge in [0.1, 0.15) is 5.76 Å². The largest absolute Gasteiger partial charge is 0.468 e. The van der Waals surface area contributed by atoms with Crippen LogP contribution in [-0.2, 0) is 0 Å². The second-order valence-electron chi connectivity index (χ2n) is 5.26. The Morgan fingerprint density at radius 1 is 1.44 bits per heavy atom.